The van der Waals surface area contributed by atoms with Gasteiger partial charge in [-0.2, -0.15) is 0 Å². The average Bonchev–Trinajstić information content (AvgIpc) is 3.01. The monoisotopic (exact) mass is 471 g/mol. The van der Waals surface area contributed by atoms with Crippen LogP contribution in [0.1, 0.15) is 98.3 Å². The van der Waals surface area contributed by atoms with Gasteiger partial charge in [-0.05, 0) is 112 Å². The molecule has 34 heavy (non-hydrogen) atoms. The first-order valence-corrected chi connectivity index (χ1v) is 14.5. The van der Waals surface area contributed by atoms with Crippen LogP contribution in [0.3, 0.4) is 0 Å². The number of aliphatic hydroxyl groups is 1. The van der Waals surface area contributed by atoms with E-state index in [9.17, 15) is 9.90 Å². The lowest BCUT2D eigenvalue weighted by molar-refractivity contribution is -0.132. The van der Waals surface area contributed by atoms with Crippen molar-refractivity contribution in [1.29, 1.82) is 0 Å². The van der Waals surface area contributed by atoms with E-state index in [0.29, 0.717) is 29.1 Å². The van der Waals surface area contributed by atoms with Crippen LogP contribution in [0.4, 0.5) is 0 Å². The summed E-state index contributed by atoms with van der Waals surface area (Å²) in [6.07, 6.45) is 15.0. The molecule has 9 atom stereocenters. The van der Waals surface area contributed by atoms with Gasteiger partial charge < -0.3 is 14.7 Å². The van der Waals surface area contributed by atoms with Crippen LogP contribution in [0.5, 0.6) is 0 Å². The van der Waals surface area contributed by atoms with E-state index >= 15 is 0 Å². The first-order valence-electron chi connectivity index (χ1n) is 14.5. The highest BCUT2D eigenvalue weighted by atomic mass is 16.5. The summed E-state index contributed by atoms with van der Waals surface area (Å²) >= 11 is 0. The Morgan fingerprint density at radius 3 is 2.85 bits per heavy atom. The van der Waals surface area contributed by atoms with Crippen LogP contribution >= 0.6 is 0 Å². The number of aliphatic hydroxyl groups excluding tert-OH is 1. The molecule has 0 radical (unpaired) electrons. The van der Waals surface area contributed by atoms with Crippen LogP contribution in [-0.2, 0) is 9.53 Å². The number of hydrogen-bond acceptors (Lipinski definition) is 3. The molecule has 5 rings (SSSR count). The lowest BCUT2D eigenvalue weighted by atomic mass is 9.47. The second kappa shape index (κ2) is 9.54. The Bertz CT molecular complexity index is 794. The molecule has 2 unspecified atom stereocenters. The normalized spacial score (nSPS) is 45.4. The van der Waals surface area contributed by atoms with E-state index in [1.165, 1.54) is 38.5 Å². The number of amides is 1. The Kier molecular flexibility index (Phi) is 6.96. The molecule has 1 amide bonds. The minimum Gasteiger partial charge on any atom is -0.393 e. The summed E-state index contributed by atoms with van der Waals surface area (Å²) < 4.78 is 5.74. The zero-order valence-corrected chi connectivity index (χ0v) is 22.2. The fourth-order valence-electron chi connectivity index (χ4n) is 9.55. The van der Waals surface area contributed by atoms with Crippen LogP contribution in [0.25, 0.3) is 0 Å². The molecule has 0 aromatic carbocycles. The van der Waals surface area contributed by atoms with Crippen molar-refractivity contribution in [1.82, 2.24) is 4.90 Å². The lowest BCUT2D eigenvalue weighted by Gasteiger charge is -2.58. The fourth-order valence-corrected chi connectivity index (χ4v) is 9.55. The number of fused-ring (bicyclic) bond motifs is 5. The predicted molar refractivity (Wildman–Crippen MR) is 136 cm³/mol. The molecule has 0 bridgehead atoms. The van der Waals surface area contributed by atoms with Gasteiger partial charge in [0.2, 0.25) is 5.91 Å². The lowest BCUT2D eigenvalue weighted by Crippen LogP contribution is -2.50. The molecule has 1 heterocycles. The van der Waals surface area contributed by atoms with E-state index in [2.05, 4.69) is 38.7 Å². The standard InChI is InChI=1S/C30H49NO3/c1-20(6-11-28(33)31-16-5-17-34-21(2)19-31)25-9-10-26-24-8-7-22-18-23(32)12-14-29(22,3)27(24)13-15-30(25,26)4/h7,20-21,23-27,32H,5-6,8-19H2,1-4H3/t20?,21?,23-,24-,25+,26-,27-,29-,30+/m0/s1. The van der Waals surface area contributed by atoms with Crippen molar-refractivity contribution in [3.63, 3.8) is 0 Å². The minimum atomic E-state index is -0.116. The highest BCUT2D eigenvalue weighted by Crippen LogP contribution is 2.67. The van der Waals surface area contributed by atoms with Gasteiger partial charge in [-0.15, -0.1) is 0 Å². The van der Waals surface area contributed by atoms with Gasteiger partial charge in [0.05, 0.1) is 12.2 Å². The van der Waals surface area contributed by atoms with Gasteiger partial charge in [0.25, 0.3) is 0 Å². The summed E-state index contributed by atoms with van der Waals surface area (Å²) in [6, 6.07) is 0. The van der Waals surface area contributed by atoms with E-state index in [4.69, 9.17) is 4.74 Å². The maximum atomic E-state index is 13.0. The largest absolute Gasteiger partial charge is 0.393 e. The fraction of sp³-hybridized carbons (Fsp3) is 0.900. The number of nitrogens with zero attached hydrogens (tertiary/aromatic N) is 1. The van der Waals surface area contributed by atoms with Crippen LogP contribution in [0.2, 0.25) is 0 Å². The molecule has 0 aromatic heterocycles. The molecule has 4 aliphatic carbocycles. The zero-order valence-electron chi connectivity index (χ0n) is 22.2. The Labute approximate surface area is 207 Å². The number of ether oxygens (including phenoxy) is 1. The highest BCUT2D eigenvalue weighted by molar-refractivity contribution is 5.76. The molecule has 1 saturated heterocycles. The Balaban J connectivity index is 1.23. The van der Waals surface area contributed by atoms with E-state index in [-0.39, 0.29) is 12.2 Å². The first kappa shape index (κ1) is 24.8. The third-order valence-corrected chi connectivity index (χ3v) is 11.5. The number of rotatable bonds is 4. The van der Waals surface area contributed by atoms with E-state index < -0.39 is 0 Å². The van der Waals surface area contributed by atoms with Crippen molar-refractivity contribution in [3.8, 4) is 0 Å². The van der Waals surface area contributed by atoms with Gasteiger partial charge in [-0.3, -0.25) is 4.79 Å². The Morgan fingerprint density at radius 1 is 1.21 bits per heavy atom. The van der Waals surface area contributed by atoms with Crippen LogP contribution in [-0.4, -0.2) is 47.8 Å². The van der Waals surface area contributed by atoms with Crippen molar-refractivity contribution >= 4 is 5.91 Å². The van der Waals surface area contributed by atoms with Crippen LogP contribution < -0.4 is 0 Å². The molecule has 3 saturated carbocycles. The third-order valence-electron chi connectivity index (χ3n) is 11.5. The van der Waals surface area contributed by atoms with Gasteiger partial charge in [0, 0.05) is 26.1 Å². The van der Waals surface area contributed by atoms with Crippen LogP contribution in [0, 0.1) is 40.4 Å². The van der Waals surface area contributed by atoms with E-state index in [0.717, 1.165) is 69.1 Å². The quantitative estimate of drug-likeness (QED) is 0.513. The SMILES string of the molecule is CC1CN(C(=O)CCC(C)[C@H]2CC[C@H]3[C@@H]4CC=C5C[C@@H](O)CC[C@]5(C)[C@H]4CC[C@]23C)CCCO1. The minimum absolute atomic E-state index is 0.116. The average molecular weight is 472 g/mol. The van der Waals surface area contributed by atoms with Crippen molar-refractivity contribution in [2.24, 2.45) is 40.4 Å². The van der Waals surface area contributed by atoms with Gasteiger partial charge in [-0.25, -0.2) is 0 Å². The maximum absolute atomic E-state index is 13.0. The summed E-state index contributed by atoms with van der Waals surface area (Å²) in [5, 5.41) is 10.3. The second-order valence-electron chi connectivity index (χ2n) is 13.3. The maximum Gasteiger partial charge on any atom is 0.222 e. The van der Waals surface area contributed by atoms with Gasteiger partial charge in [0.15, 0.2) is 0 Å². The summed E-state index contributed by atoms with van der Waals surface area (Å²) in [7, 11) is 0. The van der Waals surface area contributed by atoms with Crippen molar-refractivity contribution in [2.75, 3.05) is 19.7 Å². The number of carbonyl (C=O) groups is 1. The van der Waals surface area contributed by atoms with Gasteiger partial charge >= 0.3 is 0 Å². The van der Waals surface area contributed by atoms with E-state index in [1.807, 2.05) is 0 Å². The smallest absolute Gasteiger partial charge is 0.222 e. The first-order chi connectivity index (χ1) is 16.2. The summed E-state index contributed by atoms with van der Waals surface area (Å²) in [5.74, 6) is 4.17. The summed E-state index contributed by atoms with van der Waals surface area (Å²) in [4.78, 5) is 15.1. The molecule has 1 N–H and O–H groups in total. The predicted octanol–water partition coefficient (Wildman–Crippen LogP) is 5.98. The van der Waals surface area contributed by atoms with Gasteiger partial charge in [0.1, 0.15) is 0 Å². The van der Waals surface area contributed by atoms with Crippen LogP contribution in [0.15, 0.2) is 11.6 Å². The van der Waals surface area contributed by atoms with Gasteiger partial charge in [-0.1, -0.05) is 32.4 Å². The summed E-state index contributed by atoms with van der Waals surface area (Å²) in [6.45, 7) is 12.1. The Morgan fingerprint density at radius 2 is 2.03 bits per heavy atom. The van der Waals surface area contributed by atoms with Crippen molar-refractivity contribution < 1.29 is 14.6 Å². The molecule has 0 aromatic rings. The number of hydrogen-bond donors (Lipinski definition) is 1. The molecule has 4 heteroatoms. The molecule has 4 nitrogen and oxygen atoms in total. The molecule has 1 aliphatic heterocycles. The molecule has 0 spiro atoms. The molecular weight excluding hydrogens is 422 g/mol. The molecule has 4 fully saturated rings. The highest BCUT2D eigenvalue weighted by Gasteiger charge is 2.59. The molecular formula is C30H49NO3. The number of carbonyl (C=O) groups excluding carboxylic acids is 1. The summed E-state index contributed by atoms with van der Waals surface area (Å²) in [5.41, 5.74) is 2.34. The Hall–Kier alpha value is -0.870. The third kappa shape index (κ3) is 4.29. The van der Waals surface area contributed by atoms with Crippen molar-refractivity contribution in [3.05, 3.63) is 11.6 Å². The zero-order chi connectivity index (χ0) is 24.1. The molecule has 192 valence electrons. The topological polar surface area (TPSA) is 49.8 Å². The van der Waals surface area contributed by atoms with Crippen molar-refractivity contribution in [2.45, 2.75) is 111 Å². The molecule has 5 aliphatic rings. The second-order valence-corrected chi connectivity index (χ2v) is 13.3. The number of allylic oxidation sites excluding steroid dienone is 1. The van der Waals surface area contributed by atoms with E-state index in [1.54, 1.807) is 5.57 Å².